The molecule has 24 heavy (non-hydrogen) atoms. The van der Waals surface area contributed by atoms with E-state index in [1.807, 2.05) is 6.08 Å². The number of hydrogen-bond acceptors (Lipinski definition) is 3. The summed E-state index contributed by atoms with van der Waals surface area (Å²) in [5.41, 5.74) is 0. The van der Waals surface area contributed by atoms with Gasteiger partial charge in [0.15, 0.2) is 0 Å². The normalized spacial score (nSPS) is 25.8. The molecule has 0 aromatic carbocycles. The fourth-order valence-electron chi connectivity index (χ4n) is 3.46. The van der Waals surface area contributed by atoms with Crippen molar-refractivity contribution >= 4 is 5.78 Å². The highest BCUT2D eigenvalue weighted by molar-refractivity contribution is 5.75. The molecule has 0 aromatic heterocycles. The average Bonchev–Trinajstić information content (AvgIpc) is 2.89. The van der Waals surface area contributed by atoms with Crippen molar-refractivity contribution in [2.45, 2.75) is 90.3 Å². The molecule has 2 N–H and O–H groups in total. The van der Waals surface area contributed by atoms with Crippen LogP contribution >= 0.6 is 0 Å². The number of unbranched alkanes of at least 4 members (excludes halogenated alkanes) is 3. The SMILES string of the molecule is CCCCC[C@H](O)/C=C/[C@H]1CC[C@H](O)[C@@H]1C/C=C\CCCC(C)=O. The number of aliphatic hydroxyl groups excluding tert-OH is 2. The second-order valence-corrected chi connectivity index (χ2v) is 7.22. The summed E-state index contributed by atoms with van der Waals surface area (Å²) in [7, 11) is 0. The van der Waals surface area contributed by atoms with Crippen molar-refractivity contribution in [1.82, 2.24) is 0 Å². The average molecular weight is 337 g/mol. The first-order chi connectivity index (χ1) is 11.5. The Morgan fingerprint density at radius 1 is 1.21 bits per heavy atom. The van der Waals surface area contributed by atoms with Gasteiger partial charge in [-0.15, -0.1) is 0 Å². The molecule has 1 aliphatic carbocycles. The molecule has 0 saturated heterocycles. The van der Waals surface area contributed by atoms with Gasteiger partial charge in [0, 0.05) is 6.42 Å². The lowest BCUT2D eigenvalue weighted by Gasteiger charge is -2.18. The Labute approximate surface area is 147 Å². The molecule has 0 radical (unpaired) electrons. The van der Waals surface area contributed by atoms with Crippen molar-refractivity contribution in [3.63, 3.8) is 0 Å². The van der Waals surface area contributed by atoms with Crippen molar-refractivity contribution in [3.8, 4) is 0 Å². The lowest BCUT2D eigenvalue weighted by Crippen LogP contribution is -2.17. The second-order valence-electron chi connectivity index (χ2n) is 7.22. The molecule has 1 saturated carbocycles. The minimum absolute atomic E-state index is 0.237. The van der Waals surface area contributed by atoms with E-state index in [1.54, 1.807) is 6.92 Å². The topological polar surface area (TPSA) is 57.5 Å². The van der Waals surface area contributed by atoms with Crippen LogP contribution in [0.4, 0.5) is 0 Å². The van der Waals surface area contributed by atoms with Gasteiger partial charge in [-0.3, -0.25) is 0 Å². The van der Waals surface area contributed by atoms with Gasteiger partial charge in [0.2, 0.25) is 0 Å². The first-order valence-corrected chi connectivity index (χ1v) is 9.73. The number of rotatable bonds is 12. The van der Waals surface area contributed by atoms with E-state index in [0.717, 1.165) is 44.9 Å². The predicted octanol–water partition coefficient (Wildman–Crippen LogP) is 4.58. The maximum Gasteiger partial charge on any atom is 0.129 e. The molecule has 0 heterocycles. The van der Waals surface area contributed by atoms with Crippen LogP contribution < -0.4 is 0 Å². The van der Waals surface area contributed by atoms with E-state index in [2.05, 4.69) is 25.2 Å². The lowest BCUT2D eigenvalue weighted by molar-refractivity contribution is -0.117. The molecule has 1 rings (SSSR count). The molecular weight excluding hydrogens is 300 g/mol. The third kappa shape index (κ3) is 8.79. The van der Waals surface area contributed by atoms with E-state index in [4.69, 9.17) is 0 Å². The van der Waals surface area contributed by atoms with Gasteiger partial charge >= 0.3 is 0 Å². The molecule has 1 aliphatic rings. The van der Waals surface area contributed by atoms with E-state index in [1.165, 1.54) is 12.8 Å². The van der Waals surface area contributed by atoms with E-state index in [-0.39, 0.29) is 23.9 Å². The summed E-state index contributed by atoms with van der Waals surface area (Å²) in [4.78, 5) is 10.9. The van der Waals surface area contributed by atoms with Gasteiger partial charge in [-0.25, -0.2) is 0 Å². The van der Waals surface area contributed by atoms with Gasteiger partial charge in [0.1, 0.15) is 5.78 Å². The van der Waals surface area contributed by atoms with Crippen LogP contribution in [0.2, 0.25) is 0 Å². The number of hydrogen-bond donors (Lipinski definition) is 2. The highest BCUT2D eigenvalue weighted by Gasteiger charge is 2.32. The van der Waals surface area contributed by atoms with Crippen LogP contribution in [0.1, 0.15) is 78.1 Å². The summed E-state index contributed by atoms with van der Waals surface area (Å²) in [6.07, 6.45) is 17.2. The Morgan fingerprint density at radius 2 is 2.00 bits per heavy atom. The van der Waals surface area contributed by atoms with Crippen molar-refractivity contribution in [1.29, 1.82) is 0 Å². The summed E-state index contributed by atoms with van der Waals surface area (Å²) < 4.78 is 0. The van der Waals surface area contributed by atoms with Crippen LogP contribution in [-0.2, 0) is 4.79 Å². The molecule has 1 fully saturated rings. The number of ketones is 1. The molecule has 0 amide bonds. The summed E-state index contributed by atoms with van der Waals surface area (Å²) in [6.45, 7) is 3.80. The van der Waals surface area contributed by atoms with Gasteiger partial charge in [0.05, 0.1) is 12.2 Å². The van der Waals surface area contributed by atoms with Gasteiger partial charge in [-0.1, -0.05) is 50.5 Å². The van der Waals surface area contributed by atoms with Crippen molar-refractivity contribution in [3.05, 3.63) is 24.3 Å². The second kappa shape index (κ2) is 12.4. The molecule has 3 nitrogen and oxygen atoms in total. The molecule has 4 atom stereocenters. The summed E-state index contributed by atoms with van der Waals surface area (Å²) in [5, 5.41) is 20.2. The Balaban J connectivity index is 2.35. The number of Topliss-reactive ketones (excluding diaryl/α,β-unsaturated/α-hetero) is 1. The smallest absolute Gasteiger partial charge is 0.129 e. The minimum Gasteiger partial charge on any atom is -0.393 e. The Kier molecular flexibility index (Phi) is 10.9. The number of carbonyl (C=O) groups excluding carboxylic acids is 1. The molecule has 0 aliphatic heterocycles. The molecule has 0 bridgehead atoms. The highest BCUT2D eigenvalue weighted by atomic mass is 16.3. The molecule has 0 spiro atoms. The van der Waals surface area contributed by atoms with Crippen molar-refractivity contribution in [2.75, 3.05) is 0 Å². The largest absolute Gasteiger partial charge is 0.393 e. The molecule has 0 unspecified atom stereocenters. The van der Waals surface area contributed by atoms with Crippen molar-refractivity contribution in [2.24, 2.45) is 11.8 Å². The summed E-state index contributed by atoms with van der Waals surface area (Å²) >= 11 is 0. The van der Waals surface area contributed by atoms with Crippen LogP contribution in [0.15, 0.2) is 24.3 Å². The lowest BCUT2D eigenvalue weighted by atomic mass is 9.90. The first kappa shape index (κ1) is 21.1. The summed E-state index contributed by atoms with van der Waals surface area (Å²) in [6, 6.07) is 0. The van der Waals surface area contributed by atoms with Gasteiger partial charge in [-0.2, -0.15) is 0 Å². The van der Waals surface area contributed by atoms with E-state index in [9.17, 15) is 15.0 Å². The van der Waals surface area contributed by atoms with Crippen LogP contribution in [0.5, 0.6) is 0 Å². The van der Waals surface area contributed by atoms with Crippen LogP contribution in [0, 0.1) is 11.8 Å². The Hall–Kier alpha value is -0.930. The van der Waals surface area contributed by atoms with E-state index >= 15 is 0 Å². The maximum atomic E-state index is 10.9. The Bertz CT molecular complexity index is 400. The molecule has 0 aromatic rings. The molecular formula is C21H36O3. The van der Waals surface area contributed by atoms with Gasteiger partial charge < -0.3 is 15.0 Å². The Morgan fingerprint density at radius 3 is 2.71 bits per heavy atom. The zero-order valence-electron chi connectivity index (χ0n) is 15.5. The zero-order valence-corrected chi connectivity index (χ0v) is 15.5. The fourth-order valence-corrected chi connectivity index (χ4v) is 3.46. The monoisotopic (exact) mass is 336 g/mol. The van der Waals surface area contributed by atoms with Gasteiger partial charge in [-0.05, 0) is 57.3 Å². The minimum atomic E-state index is -0.350. The third-order valence-corrected chi connectivity index (χ3v) is 5.00. The fraction of sp³-hybridized carbons (Fsp3) is 0.762. The van der Waals surface area contributed by atoms with Crippen molar-refractivity contribution < 1.29 is 15.0 Å². The third-order valence-electron chi connectivity index (χ3n) is 5.00. The number of carbonyl (C=O) groups is 1. The zero-order chi connectivity index (χ0) is 17.8. The molecule has 138 valence electrons. The number of allylic oxidation sites excluding steroid dienone is 3. The predicted molar refractivity (Wildman–Crippen MR) is 99.8 cm³/mol. The van der Waals surface area contributed by atoms with Crippen LogP contribution in [-0.4, -0.2) is 28.2 Å². The standard InChI is InChI=1S/C21H36O3/c1-3-4-7-11-19(23)15-13-18-14-16-21(24)20(18)12-9-6-5-8-10-17(2)22/h6,9,13,15,18-21,23-24H,3-5,7-8,10-12,14,16H2,1-2H3/b9-6-,15-13+/t18-,19-,20+,21-/m0/s1. The van der Waals surface area contributed by atoms with E-state index < -0.39 is 0 Å². The van der Waals surface area contributed by atoms with Crippen LogP contribution in [0.25, 0.3) is 0 Å². The number of aliphatic hydroxyl groups is 2. The first-order valence-electron chi connectivity index (χ1n) is 9.73. The van der Waals surface area contributed by atoms with E-state index in [0.29, 0.717) is 12.3 Å². The molecule has 3 heteroatoms. The quantitative estimate of drug-likeness (QED) is 0.405. The van der Waals surface area contributed by atoms with Crippen LogP contribution in [0.3, 0.4) is 0 Å². The maximum absolute atomic E-state index is 10.9. The highest BCUT2D eigenvalue weighted by Crippen LogP contribution is 2.36. The summed E-state index contributed by atoms with van der Waals surface area (Å²) in [5.74, 6) is 0.869. The van der Waals surface area contributed by atoms with Gasteiger partial charge in [0.25, 0.3) is 0 Å².